The summed E-state index contributed by atoms with van der Waals surface area (Å²) in [5.41, 5.74) is 3.39. The average Bonchev–Trinajstić information content (AvgIpc) is 3.51. The second-order valence-corrected chi connectivity index (χ2v) is 8.46. The standard InChI is InChI=1S/C27H21N7O4/c1-33(19-6-4-3-5-7-19)26(36)29-18-10-9-17-13-23(34(2)22(17)14-18)25(35)30-21-11-8-16(15-28)12-20(21)24-31-27(37)38-32-24/h3-14H,1-2H3,(H,29,36)(H,30,35)(H,31,32,37). The molecule has 5 rings (SSSR count). The second kappa shape index (κ2) is 9.79. The highest BCUT2D eigenvalue weighted by Crippen LogP contribution is 2.28. The molecule has 11 nitrogen and oxygen atoms in total. The first-order valence-corrected chi connectivity index (χ1v) is 11.4. The fourth-order valence-corrected chi connectivity index (χ4v) is 4.05. The summed E-state index contributed by atoms with van der Waals surface area (Å²) in [6, 6.07) is 22.7. The fourth-order valence-electron chi connectivity index (χ4n) is 4.05. The van der Waals surface area contributed by atoms with E-state index in [9.17, 15) is 19.6 Å². The van der Waals surface area contributed by atoms with Crippen LogP contribution in [0, 0.1) is 11.3 Å². The molecule has 0 fully saturated rings. The van der Waals surface area contributed by atoms with Crippen LogP contribution in [0.15, 0.2) is 82.1 Å². The number of para-hydroxylation sites is 1. The largest absolute Gasteiger partial charge is 0.439 e. The number of fused-ring (bicyclic) bond motifs is 1. The van der Waals surface area contributed by atoms with E-state index in [1.165, 1.54) is 11.0 Å². The highest BCUT2D eigenvalue weighted by molar-refractivity contribution is 6.08. The van der Waals surface area contributed by atoms with Gasteiger partial charge in [0.05, 0.1) is 22.8 Å². The maximum atomic E-state index is 13.3. The van der Waals surface area contributed by atoms with Gasteiger partial charge in [-0.1, -0.05) is 29.4 Å². The number of anilines is 3. The fraction of sp³-hybridized carbons (Fsp3) is 0.0741. The van der Waals surface area contributed by atoms with Gasteiger partial charge in [0.15, 0.2) is 5.82 Å². The Bertz CT molecular complexity index is 1780. The number of nitrogens with one attached hydrogen (secondary N) is 3. The summed E-state index contributed by atoms with van der Waals surface area (Å²) in [7, 11) is 3.42. The van der Waals surface area contributed by atoms with E-state index in [0.29, 0.717) is 28.2 Å². The average molecular weight is 508 g/mol. The Morgan fingerprint density at radius 3 is 2.55 bits per heavy atom. The number of aromatic nitrogens is 3. The molecule has 188 valence electrons. The summed E-state index contributed by atoms with van der Waals surface area (Å²) in [5, 5.41) is 19.4. The number of rotatable bonds is 5. The minimum atomic E-state index is -0.758. The molecule has 3 N–H and O–H groups in total. The number of aryl methyl sites for hydroxylation is 1. The van der Waals surface area contributed by atoms with Gasteiger partial charge in [-0.05, 0) is 48.5 Å². The molecule has 0 saturated heterocycles. The van der Waals surface area contributed by atoms with Gasteiger partial charge < -0.3 is 15.2 Å². The van der Waals surface area contributed by atoms with Crippen molar-refractivity contribution in [2.45, 2.75) is 0 Å². The molecule has 0 bridgehead atoms. The van der Waals surface area contributed by atoms with Gasteiger partial charge in [0, 0.05) is 36.4 Å². The minimum Gasteiger partial charge on any atom is -0.340 e. The number of benzene rings is 3. The van der Waals surface area contributed by atoms with Crippen LogP contribution in [0.5, 0.6) is 0 Å². The van der Waals surface area contributed by atoms with Crippen LogP contribution in [0.25, 0.3) is 22.3 Å². The van der Waals surface area contributed by atoms with Gasteiger partial charge in [-0.2, -0.15) is 5.26 Å². The second-order valence-electron chi connectivity index (χ2n) is 8.46. The number of nitriles is 1. The van der Waals surface area contributed by atoms with Crippen molar-refractivity contribution in [1.29, 1.82) is 5.26 Å². The molecule has 0 aliphatic rings. The normalized spacial score (nSPS) is 10.7. The predicted octanol–water partition coefficient (Wildman–Crippen LogP) is 4.31. The van der Waals surface area contributed by atoms with Gasteiger partial charge in [-0.15, -0.1) is 0 Å². The molecule has 5 aromatic rings. The molecule has 0 spiro atoms. The van der Waals surface area contributed by atoms with Gasteiger partial charge >= 0.3 is 11.8 Å². The van der Waals surface area contributed by atoms with Crippen molar-refractivity contribution in [3.05, 3.63) is 94.6 Å². The van der Waals surface area contributed by atoms with Crippen molar-refractivity contribution in [2.75, 3.05) is 22.6 Å². The number of urea groups is 1. The number of carbonyl (C=O) groups is 2. The molecule has 2 heterocycles. The summed E-state index contributed by atoms with van der Waals surface area (Å²) in [5.74, 6) is -1.10. The van der Waals surface area contributed by atoms with Crippen LogP contribution in [0.3, 0.4) is 0 Å². The summed E-state index contributed by atoms with van der Waals surface area (Å²) in [6.07, 6.45) is 0. The van der Waals surface area contributed by atoms with Crippen LogP contribution in [0.1, 0.15) is 16.1 Å². The number of hydrogen-bond acceptors (Lipinski definition) is 6. The smallest absolute Gasteiger partial charge is 0.340 e. The van der Waals surface area contributed by atoms with Crippen molar-refractivity contribution in [3.8, 4) is 17.5 Å². The van der Waals surface area contributed by atoms with Crippen molar-refractivity contribution in [3.63, 3.8) is 0 Å². The molecule has 3 aromatic carbocycles. The van der Waals surface area contributed by atoms with Crippen LogP contribution in [0.4, 0.5) is 21.9 Å². The topological polar surface area (TPSA) is 149 Å². The summed E-state index contributed by atoms with van der Waals surface area (Å²) < 4.78 is 6.29. The molecule has 0 aliphatic heterocycles. The zero-order valence-corrected chi connectivity index (χ0v) is 20.4. The van der Waals surface area contributed by atoms with Crippen LogP contribution >= 0.6 is 0 Å². The lowest BCUT2D eigenvalue weighted by atomic mass is 10.1. The Morgan fingerprint density at radius 1 is 1.05 bits per heavy atom. The molecule has 0 atom stereocenters. The molecule has 2 aromatic heterocycles. The molecule has 38 heavy (non-hydrogen) atoms. The number of hydrogen-bond donors (Lipinski definition) is 3. The quantitative estimate of drug-likeness (QED) is 0.323. The maximum Gasteiger partial charge on any atom is 0.439 e. The van der Waals surface area contributed by atoms with Crippen LogP contribution < -0.4 is 21.3 Å². The first-order valence-electron chi connectivity index (χ1n) is 11.4. The minimum absolute atomic E-state index is 0.0836. The Balaban J connectivity index is 1.40. The zero-order chi connectivity index (χ0) is 26.8. The molecule has 0 saturated carbocycles. The highest BCUT2D eigenvalue weighted by atomic mass is 16.5. The molecular weight excluding hydrogens is 486 g/mol. The van der Waals surface area contributed by atoms with Crippen molar-refractivity contribution < 1.29 is 14.1 Å². The van der Waals surface area contributed by atoms with E-state index in [2.05, 4.69) is 25.3 Å². The third kappa shape index (κ3) is 4.61. The third-order valence-corrected chi connectivity index (χ3v) is 6.07. The molecule has 0 aliphatic carbocycles. The lowest BCUT2D eigenvalue weighted by molar-refractivity contribution is 0.101. The first kappa shape index (κ1) is 24.1. The molecular formula is C27H21N7O4. The summed E-state index contributed by atoms with van der Waals surface area (Å²) in [4.78, 5) is 41.4. The Morgan fingerprint density at radius 2 is 1.84 bits per heavy atom. The van der Waals surface area contributed by atoms with E-state index in [4.69, 9.17) is 0 Å². The number of H-pyrrole nitrogens is 1. The van der Waals surface area contributed by atoms with Gasteiger partial charge in [-0.25, -0.2) is 9.59 Å². The number of amides is 3. The van der Waals surface area contributed by atoms with Crippen molar-refractivity contribution in [2.24, 2.45) is 7.05 Å². The molecule has 11 heteroatoms. The van der Waals surface area contributed by atoms with E-state index in [0.717, 1.165) is 16.6 Å². The third-order valence-electron chi connectivity index (χ3n) is 6.07. The number of nitrogens with zero attached hydrogens (tertiary/aromatic N) is 4. The SMILES string of the molecule is CN(C(=O)Nc1ccc2cc(C(=O)Nc3ccc(C#N)cc3-c3noc(=O)[nH]3)n(C)c2c1)c1ccccc1. The van der Waals surface area contributed by atoms with Crippen LogP contribution in [-0.2, 0) is 7.05 Å². The van der Waals surface area contributed by atoms with E-state index in [1.54, 1.807) is 49.0 Å². The lowest BCUT2D eigenvalue weighted by Gasteiger charge is -2.18. The van der Waals surface area contributed by atoms with Crippen LogP contribution in [-0.4, -0.2) is 33.7 Å². The molecule has 3 amide bonds. The van der Waals surface area contributed by atoms with E-state index >= 15 is 0 Å². The Labute approximate surface area is 215 Å². The van der Waals surface area contributed by atoms with E-state index < -0.39 is 11.7 Å². The Hall–Kier alpha value is -5.63. The van der Waals surface area contributed by atoms with Gasteiger partial charge in [0.1, 0.15) is 5.69 Å². The van der Waals surface area contributed by atoms with Gasteiger partial charge in [-0.3, -0.25) is 19.2 Å². The molecule has 0 radical (unpaired) electrons. The lowest BCUT2D eigenvalue weighted by Crippen LogP contribution is -2.31. The molecule has 0 unspecified atom stereocenters. The number of aromatic amines is 1. The Kier molecular flexibility index (Phi) is 6.20. The number of carbonyl (C=O) groups excluding carboxylic acids is 2. The summed E-state index contributed by atoms with van der Waals surface area (Å²) in [6.45, 7) is 0. The predicted molar refractivity (Wildman–Crippen MR) is 142 cm³/mol. The zero-order valence-electron chi connectivity index (χ0n) is 20.4. The monoisotopic (exact) mass is 507 g/mol. The van der Waals surface area contributed by atoms with E-state index in [-0.39, 0.29) is 11.9 Å². The van der Waals surface area contributed by atoms with E-state index in [1.807, 2.05) is 42.5 Å². The van der Waals surface area contributed by atoms with Crippen molar-refractivity contribution in [1.82, 2.24) is 14.7 Å². The van der Waals surface area contributed by atoms with Gasteiger partial charge in [0.2, 0.25) is 0 Å². The maximum absolute atomic E-state index is 13.3. The van der Waals surface area contributed by atoms with Crippen molar-refractivity contribution >= 4 is 39.9 Å². The first-order chi connectivity index (χ1) is 18.3. The highest BCUT2D eigenvalue weighted by Gasteiger charge is 2.19. The summed E-state index contributed by atoms with van der Waals surface area (Å²) >= 11 is 0. The van der Waals surface area contributed by atoms with Gasteiger partial charge in [0.25, 0.3) is 5.91 Å². The van der Waals surface area contributed by atoms with Crippen LogP contribution in [0.2, 0.25) is 0 Å².